The number of rotatable bonds is 5. The number of hydrogen-bond acceptors (Lipinski definition) is 3. The Bertz CT molecular complexity index is 889. The third kappa shape index (κ3) is 3.31. The predicted octanol–water partition coefficient (Wildman–Crippen LogP) is 3.77. The number of carbonyl (C=O) groups is 1. The van der Waals surface area contributed by atoms with Gasteiger partial charge in [-0.25, -0.2) is 0 Å². The molecule has 0 spiro atoms. The molecular weight excluding hydrogens is 328 g/mol. The van der Waals surface area contributed by atoms with Gasteiger partial charge in [0, 0.05) is 28.0 Å². The highest BCUT2D eigenvalue weighted by Crippen LogP contribution is 2.24. The molecule has 0 aliphatic rings. The Morgan fingerprint density at radius 2 is 1.96 bits per heavy atom. The Kier molecular flexibility index (Phi) is 4.62. The molecule has 124 valence electrons. The van der Waals surface area contributed by atoms with E-state index in [1.165, 1.54) is 0 Å². The number of aromatic nitrogens is 1. The van der Waals surface area contributed by atoms with Gasteiger partial charge in [0.05, 0.1) is 14.2 Å². The summed E-state index contributed by atoms with van der Waals surface area (Å²) in [6, 6.07) is 12.7. The first kappa shape index (κ1) is 16.2. The molecule has 3 aromatic rings. The maximum atomic E-state index is 12.4. The highest BCUT2D eigenvalue weighted by atomic mass is 35.5. The third-order valence-electron chi connectivity index (χ3n) is 3.75. The van der Waals surface area contributed by atoms with E-state index in [9.17, 15) is 4.79 Å². The van der Waals surface area contributed by atoms with Crippen molar-refractivity contribution in [3.63, 3.8) is 0 Å². The number of ether oxygens (including phenoxy) is 2. The molecule has 1 amide bonds. The molecule has 6 heteroatoms. The molecule has 0 radical (unpaired) electrons. The van der Waals surface area contributed by atoms with Crippen molar-refractivity contribution < 1.29 is 14.3 Å². The first-order valence-electron chi connectivity index (χ1n) is 7.38. The molecule has 1 aromatic heterocycles. The van der Waals surface area contributed by atoms with E-state index in [1.807, 2.05) is 30.3 Å². The lowest BCUT2D eigenvalue weighted by Crippen LogP contribution is -2.23. The van der Waals surface area contributed by atoms with Crippen molar-refractivity contribution in [3.8, 4) is 11.5 Å². The fourth-order valence-electron chi connectivity index (χ4n) is 2.52. The number of nitrogens with one attached hydrogen (secondary N) is 2. The predicted molar refractivity (Wildman–Crippen MR) is 94.0 cm³/mol. The molecule has 1 heterocycles. The standard InChI is InChI=1S/C18H17ClN2O3/c1-23-14-4-6-17(24-2)12(8-14)10-20-18(22)16-9-11-7-13(19)3-5-15(11)21-16/h3-9,21H,10H2,1-2H3,(H,20,22). The topological polar surface area (TPSA) is 63.4 Å². The van der Waals surface area contributed by atoms with Crippen LogP contribution in [-0.2, 0) is 6.54 Å². The van der Waals surface area contributed by atoms with Crippen LogP contribution in [0, 0.1) is 0 Å². The van der Waals surface area contributed by atoms with Gasteiger partial charge in [0.1, 0.15) is 17.2 Å². The first-order valence-corrected chi connectivity index (χ1v) is 7.76. The average Bonchev–Trinajstić information content (AvgIpc) is 3.02. The molecule has 0 fully saturated rings. The molecule has 24 heavy (non-hydrogen) atoms. The molecule has 0 atom stereocenters. The first-order chi connectivity index (χ1) is 11.6. The van der Waals surface area contributed by atoms with Gasteiger partial charge in [0.2, 0.25) is 0 Å². The summed E-state index contributed by atoms with van der Waals surface area (Å²) in [6.07, 6.45) is 0. The van der Waals surface area contributed by atoms with Crippen LogP contribution in [0.3, 0.4) is 0 Å². The van der Waals surface area contributed by atoms with Crippen molar-refractivity contribution in [2.75, 3.05) is 14.2 Å². The number of amides is 1. The van der Waals surface area contributed by atoms with Gasteiger partial charge in [-0.1, -0.05) is 11.6 Å². The van der Waals surface area contributed by atoms with Crippen molar-refractivity contribution in [2.24, 2.45) is 0 Å². The van der Waals surface area contributed by atoms with E-state index in [4.69, 9.17) is 21.1 Å². The zero-order chi connectivity index (χ0) is 17.1. The summed E-state index contributed by atoms with van der Waals surface area (Å²) in [6.45, 7) is 0.329. The molecule has 0 saturated carbocycles. The summed E-state index contributed by atoms with van der Waals surface area (Å²) in [5.74, 6) is 1.20. The van der Waals surface area contributed by atoms with Gasteiger partial charge in [0.15, 0.2) is 0 Å². The zero-order valence-corrected chi connectivity index (χ0v) is 14.1. The fourth-order valence-corrected chi connectivity index (χ4v) is 2.70. The van der Waals surface area contributed by atoms with Crippen LogP contribution in [0.15, 0.2) is 42.5 Å². The van der Waals surface area contributed by atoms with Gasteiger partial charge in [-0.2, -0.15) is 0 Å². The molecule has 0 bridgehead atoms. The van der Waals surface area contributed by atoms with Gasteiger partial charge in [-0.3, -0.25) is 4.79 Å². The summed E-state index contributed by atoms with van der Waals surface area (Å²) in [7, 11) is 3.19. The van der Waals surface area contributed by atoms with E-state index in [-0.39, 0.29) is 5.91 Å². The molecule has 2 N–H and O–H groups in total. The maximum Gasteiger partial charge on any atom is 0.267 e. The number of carbonyl (C=O) groups excluding carboxylic acids is 1. The number of H-pyrrole nitrogens is 1. The molecule has 3 rings (SSSR count). The van der Waals surface area contributed by atoms with Gasteiger partial charge in [-0.05, 0) is 42.5 Å². The number of methoxy groups -OCH3 is 2. The molecule has 2 aromatic carbocycles. The second-order valence-electron chi connectivity index (χ2n) is 5.28. The Morgan fingerprint density at radius 3 is 2.71 bits per heavy atom. The van der Waals surface area contributed by atoms with Gasteiger partial charge >= 0.3 is 0 Å². The second kappa shape index (κ2) is 6.84. The lowest BCUT2D eigenvalue weighted by molar-refractivity contribution is 0.0946. The molecule has 0 aliphatic carbocycles. The summed E-state index contributed by atoms with van der Waals surface area (Å²) in [5, 5.41) is 4.41. The Labute approximate surface area is 144 Å². The van der Waals surface area contributed by atoms with Crippen molar-refractivity contribution in [3.05, 3.63) is 58.7 Å². The van der Waals surface area contributed by atoms with Crippen LogP contribution in [0.1, 0.15) is 16.1 Å². The Hall–Kier alpha value is -2.66. The van der Waals surface area contributed by atoms with E-state index in [1.54, 1.807) is 26.4 Å². The van der Waals surface area contributed by atoms with E-state index >= 15 is 0 Å². The average molecular weight is 345 g/mol. The van der Waals surface area contributed by atoms with Crippen molar-refractivity contribution >= 4 is 28.4 Å². The number of benzene rings is 2. The lowest BCUT2D eigenvalue weighted by Gasteiger charge is -2.11. The summed E-state index contributed by atoms with van der Waals surface area (Å²) in [4.78, 5) is 15.5. The van der Waals surface area contributed by atoms with E-state index in [0.717, 1.165) is 16.5 Å². The molecule has 5 nitrogen and oxygen atoms in total. The zero-order valence-electron chi connectivity index (χ0n) is 13.4. The van der Waals surface area contributed by atoms with Crippen LogP contribution in [0.2, 0.25) is 5.02 Å². The Morgan fingerprint density at radius 1 is 1.12 bits per heavy atom. The number of fused-ring (bicyclic) bond motifs is 1. The highest BCUT2D eigenvalue weighted by molar-refractivity contribution is 6.31. The van der Waals surface area contributed by atoms with E-state index < -0.39 is 0 Å². The van der Waals surface area contributed by atoms with Crippen LogP contribution in [-0.4, -0.2) is 25.1 Å². The quantitative estimate of drug-likeness (QED) is 0.740. The fraction of sp³-hybridized carbons (Fsp3) is 0.167. The minimum atomic E-state index is -0.202. The normalized spacial score (nSPS) is 10.6. The maximum absolute atomic E-state index is 12.4. The lowest BCUT2D eigenvalue weighted by atomic mass is 10.2. The molecular formula is C18H17ClN2O3. The van der Waals surface area contributed by atoms with Crippen molar-refractivity contribution in [2.45, 2.75) is 6.54 Å². The van der Waals surface area contributed by atoms with Crippen LogP contribution < -0.4 is 14.8 Å². The van der Waals surface area contributed by atoms with Gasteiger partial charge in [0.25, 0.3) is 5.91 Å². The highest BCUT2D eigenvalue weighted by Gasteiger charge is 2.11. The number of hydrogen-bond donors (Lipinski definition) is 2. The number of halogens is 1. The van der Waals surface area contributed by atoms with Crippen molar-refractivity contribution in [1.29, 1.82) is 0 Å². The second-order valence-corrected chi connectivity index (χ2v) is 5.71. The Balaban J connectivity index is 1.77. The smallest absolute Gasteiger partial charge is 0.267 e. The van der Waals surface area contributed by atoms with Gasteiger partial charge in [-0.15, -0.1) is 0 Å². The van der Waals surface area contributed by atoms with Gasteiger partial charge < -0.3 is 19.8 Å². The molecule has 0 aliphatic heterocycles. The SMILES string of the molecule is COc1ccc(OC)c(CNC(=O)c2cc3cc(Cl)ccc3[nH]2)c1. The van der Waals surface area contributed by atoms with E-state index in [2.05, 4.69) is 10.3 Å². The van der Waals surface area contributed by atoms with Crippen LogP contribution in [0.5, 0.6) is 11.5 Å². The third-order valence-corrected chi connectivity index (χ3v) is 3.99. The summed E-state index contributed by atoms with van der Waals surface area (Å²) < 4.78 is 10.5. The van der Waals surface area contributed by atoms with Crippen LogP contribution in [0.25, 0.3) is 10.9 Å². The summed E-state index contributed by atoms with van der Waals surface area (Å²) >= 11 is 5.97. The molecule has 0 unspecified atom stereocenters. The molecule has 0 saturated heterocycles. The summed E-state index contributed by atoms with van der Waals surface area (Å²) in [5.41, 5.74) is 2.18. The van der Waals surface area contributed by atoms with Crippen molar-refractivity contribution in [1.82, 2.24) is 10.3 Å². The minimum absolute atomic E-state index is 0.202. The van der Waals surface area contributed by atoms with E-state index in [0.29, 0.717) is 28.8 Å². The van der Waals surface area contributed by atoms with Crippen LogP contribution in [0.4, 0.5) is 0 Å². The monoisotopic (exact) mass is 344 g/mol. The number of aromatic amines is 1. The minimum Gasteiger partial charge on any atom is -0.497 e. The van der Waals surface area contributed by atoms with Crippen LogP contribution >= 0.6 is 11.6 Å². The largest absolute Gasteiger partial charge is 0.497 e.